The highest BCUT2D eigenvalue weighted by atomic mass is 32.1. The lowest BCUT2D eigenvalue weighted by atomic mass is 10.3. The van der Waals surface area contributed by atoms with E-state index in [1.807, 2.05) is 0 Å². The number of imidazole rings is 1. The van der Waals surface area contributed by atoms with Gasteiger partial charge in [0.05, 0.1) is 11.4 Å². The molecule has 0 unspecified atom stereocenters. The van der Waals surface area contributed by atoms with Gasteiger partial charge in [-0.1, -0.05) is 6.08 Å². The van der Waals surface area contributed by atoms with Gasteiger partial charge in [0.2, 0.25) is 0 Å². The molecule has 0 radical (unpaired) electrons. The van der Waals surface area contributed by atoms with Crippen LogP contribution in [0, 0.1) is 6.92 Å². The molecule has 0 saturated heterocycles. The summed E-state index contributed by atoms with van der Waals surface area (Å²) in [6, 6.07) is 0.775. The molecule has 2 aromatic rings. The molecule has 84 valence electrons. The maximum atomic E-state index is 4.51. The first-order chi connectivity index (χ1) is 7.84. The number of nitrogens with zero attached hydrogens (tertiary/aromatic N) is 2. The van der Waals surface area contributed by atoms with Gasteiger partial charge in [0.25, 0.3) is 0 Å². The Morgan fingerprint density at radius 2 is 2.50 bits per heavy atom. The third kappa shape index (κ3) is 1.90. The summed E-state index contributed by atoms with van der Waals surface area (Å²) in [5.74, 6) is 0. The van der Waals surface area contributed by atoms with E-state index < -0.39 is 0 Å². The first kappa shape index (κ1) is 10.1. The standard InChI is InChI=1S/C12H15N3S/c1-9-11(3-2-6-13-10-4-5-10)15-7-8-16-12(15)14-9/h2-3,7-8,10,13H,4-6H2,1H3. The minimum Gasteiger partial charge on any atom is -0.311 e. The summed E-state index contributed by atoms with van der Waals surface area (Å²) in [7, 11) is 0. The molecular weight excluding hydrogens is 218 g/mol. The second-order valence-electron chi connectivity index (χ2n) is 4.22. The molecule has 4 heteroatoms. The number of nitrogens with one attached hydrogen (secondary N) is 1. The van der Waals surface area contributed by atoms with E-state index in [1.165, 1.54) is 18.5 Å². The van der Waals surface area contributed by atoms with E-state index in [2.05, 4.69) is 45.4 Å². The molecule has 3 nitrogen and oxygen atoms in total. The van der Waals surface area contributed by atoms with Gasteiger partial charge in [-0.15, -0.1) is 11.3 Å². The van der Waals surface area contributed by atoms with Crippen LogP contribution in [0.5, 0.6) is 0 Å². The lowest BCUT2D eigenvalue weighted by Gasteiger charge is -1.96. The predicted molar refractivity (Wildman–Crippen MR) is 67.9 cm³/mol. The minimum absolute atomic E-state index is 0.775. The molecule has 0 aliphatic heterocycles. The van der Waals surface area contributed by atoms with Crippen molar-refractivity contribution in [2.24, 2.45) is 0 Å². The van der Waals surface area contributed by atoms with Crippen molar-refractivity contribution in [1.82, 2.24) is 14.7 Å². The zero-order valence-corrected chi connectivity index (χ0v) is 10.1. The maximum absolute atomic E-state index is 4.51. The Kier molecular flexibility index (Phi) is 2.53. The quantitative estimate of drug-likeness (QED) is 0.879. The largest absolute Gasteiger partial charge is 0.311 e. The fraction of sp³-hybridized carbons (Fsp3) is 0.417. The van der Waals surface area contributed by atoms with Crippen molar-refractivity contribution < 1.29 is 0 Å². The second-order valence-corrected chi connectivity index (χ2v) is 5.10. The van der Waals surface area contributed by atoms with Gasteiger partial charge in [-0.2, -0.15) is 0 Å². The Morgan fingerprint density at radius 1 is 1.62 bits per heavy atom. The number of hydrogen-bond donors (Lipinski definition) is 1. The highest BCUT2D eigenvalue weighted by Gasteiger charge is 2.19. The van der Waals surface area contributed by atoms with Crippen LogP contribution in [-0.2, 0) is 0 Å². The Bertz CT molecular complexity index is 519. The highest BCUT2D eigenvalue weighted by Crippen LogP contribution is 2.19. The molecule has 0 bridgehead atoms. The third-order valence-corrected chi connectivity index (χ3v) is 3.62. The van der Waals surface area contributed by atoms with Crippen molar-refractivity contribution >= 4 is 22.4 Å². The van der Waals surface area contributed by atoms with Crippen LogP contribution in [0.3, 0.4) is 0 Å². The maximum Gasteiger partial charge on any atom is 0.194 e. The summed E-state index contributed by atoms with van der Waals surface area (Å²) in [5, 5.41) is 5.54. The van der Waals surface area contributed by atoms with Gasteiger partial charge >= 0.3 is 0 Å². The van der Waals surface area contributed by atoms with Crippen molar-refractivity contribution in [2.75, 3.05) is 6.54 Å². The Morgan fingerprint density at radius 3 is 3.31 bits per heavy atom. The van der Waals surface area contributed by atoms with Crippen LogP contribution >= 0.6 is 11.3 Å². The smallest absolute Gasteiger partial charge is 0.194 e. The molecule has 0 spiro atoms. The van der Waals surface area contributed by atoms with Crippen LogP contribution in [0.15, 0.2) is 17.7 Å². The summed E-state index contributed by atoms with van der Waals surface area (Å²) < 4.78 is 2.15. The number of hydrogen-bond acceptors (Lipinski definition) is 3. The average Bonchev–Trinajstić information content (AvgIpc) is 2.90. The zero-order valence-electron chi connectivity index (χ0n) is 9.31. The van der Waals surface area contributed by atoms with Gasteiger partial charge in [0, 0.05) is 24.2 Å². The van der Waals surface area contributed by atoms with E-state index in [0.717, 1.165) is 23.2 Å². The lowest BCUT2D eigenvalue weighted by molar-refractivity contribution is 0.754. The van der Waals surface area contributed by atoms with Crippen LogP contribution in [-0.4, -0.2) is 22.0 Å². The number of rotatable bonds is 4. The van der Waals surface area contributed by atoms with Gasteiger partial charge in [0.1, 0.15) is 0 Å². The molecule has 1 fully saturated rings. The summed E-state index contributed by atoms with van der Waals surface area (Å²) in [5.41, 5.74) is 2.31. The summed E-state index contributed by atoms with van der Waals surface area (Å²) >= 11 is 1.68. The molecule has 0 aromatic carbocycles. The lowest BCUT2D eigenvalue weighted by Crippen LogP contribution is -2.15. The van der Waals surface area contributed by atoms with E-state index in [1.54, 1.807) is 11.3 Å². The summed E-state index contributed by atoms with van der Waals surface area (Å²) in [4.78, 5) is 5.59. The SMILES string of the molecule is Cc1nc2sccn2c1C=CCNC1CC1. The molecule has 3 rings (SSSR count). The van der Waals surface area contributed by atoms with Crippen LogP contribution in [0.4, 0.5) is 0 Å². The van der Waals surface area contributed by atoms with E-state index in [4.69, 9.17) is 0 Å². The number of thiazole rings is 1. The highest BCUT2D eigenvalue weighted by molar-refractivity contribution is 7.15. The van der Waals surface area contributed by atoms with Crippen molar-refractivity contribution in [3.8, 4) is 0 Å². The Balaban J connectivity index is 1.75. The average molecular weight is 233 g/mol. The van der Waals surface area contributed by atoms with Gasteiger partial charge < -0.3 is 5.32 Å². The molecule has 2 heterocycles. The summed E-state index contributed by atoms with van der Waals surface area (Å²) in [6.07, 6.45) is 9.11. The minimum atomic E-state index is 0.775. The predicted octanol–water partition coefficient (Wildman–Crippen LogP) is 2.47. The zero-order chi connectivity index (χ0) is 11.0. The summed E-state index contributed by atoms with van der Waals surface area (Å²) in [6.45, 7) is 3.02. The second kappa shape index (κ2) is 4.03. The number of aromatic nitrogens is 2. The van der Waals surface area contributed by atoms with Crippen LogP contribution in [0.1, 0.15) is 24.2 Å². The van der Waals surface area contributed by atoms with Gasteiger partial charge in [0.15, 0.2) is 4.96 Å². The monoisotopic (exact) mass is 233 g/mol. The number of fused-ring (bicyclic) bond motifs is 1. The molecule has 1 N–H and O–H groups in total. The topological polar surface area (TPSA) is 29.3 Å². The van der Waals surface area contributed by atoms with E-state index in [-0.39, 0.29) is 0 Å². The molecular formula is C12H15N3S. The van der Waals surface area contributed by atoms with Crippen molar-refractivity contribution in [2.45, 2.75) is 25.8 Å². The molecule has 1 saturated carbocycles. The first-order valence-corrected chi connectivity index (χ1v) is 6.54. The fourth-order valence-corrected chi connectivity index (χ4v) is 2.57. The first-order valence-electron chi connectivity index (χ1n) is 5.66. The Hall–Kier alpha value is -1.13. The Labute approximate surface area is 98.8 Å². The third-order valence-electron chi connectivity index (χ3n) is 2.86. The van der Waals surface area contributed by atoms with Crippen molar-refractivity contribution in [3.63, 3.8) is 0 Å². The molecule has 16 heavy (non-hydrogen) atoms. The van der Waals surface area contributed by atoms with Crippen LogP contribution in [0.2, 0.25) is 0 Å². The van der Waals surface area contributed by atoms with Crippen molar-refractivity contribution in [1.29, 1.82) is 0 Å². The van der Waals surface area contributed by atoms with E-state index in [9.17, 15) is 0 Å². The van der Waals surface area contributed by atoms with Gasteiger partial charge in [-0.05, 0) is 25.8 Å². The van der Waals surface area contributed by atoms with E-state index in [0.29, 0.717) is 0 Å². The van der Waals surface area contributed by atoms with Crippen LogP contribution in [0.25, 0.3) is 11.0 Å². The molecule has 0 atom stereocenters. The fourth-order valence-electron chi connectivity index (χ4n) is 1.80. The molecule has 2 aromatic heterocycles. The van der Waals surface area contributed by atoms with Gasteiger partial charge in [-0.3, -0.25) is 4.40 Å². The molecule has 1 aliphatic rings. The van der Waals surface area contributed by atoms with Gasteiger partial charge in [-0.25, -0.2) is 4.98 Å². The molecule has 0 amide bonds. The normalized spacial score (nSPS) is 16.6. The number of aryl methyl sites for hydroxylation is 1. The van der Waals surface area contributed by atoms with Crippen LogP contribution < -0.4 is 5.32 Å². The molecule has 1 aliphatic carbocycles. The van der Waals surface area contributed by atoms with E-state index >= 15 is 0 Å². The van der Waals surface area contributed by atoms with Crippen molar-refractivity contribution in [3.05, 3.63) is 29.0 Å².